The number of ether oxygens (including phenoxy) is 2. The Bertz CT molecular complexity index is 1330. The fourth-order valence-electron chi connectivity index (χ4n) is 2.85. The molecule has 0 saturated heterocycles. The molecule has 3 aromatic carbocycles. The molecular weight excluding hydrogens is 460 g/mol. The molecule has 0 radical (unpaired) electrons. The van der Waals surface area contributed by atoms with Crippen LogP contribution in [0.2, 0.25) is 5.02 Å². The second-order valence-corrected chi connectivity index (χ2v) is 7.19. The second-order valence-electron chi connectivity index (χ2n) is 6.79. The van der Waals surface area contributed by atoms with Gasteiger partial charge in [0.15, 0.2) is 11.5 Å². The number of rotatable bonds is 7. The van der Waals surface area contributed by atoms with E-state index in [-0.39, 0.29) is 33.2 Å². The van der Waals surface area contributed by atoms with E-state index in [2.05, 4.69) is 5.32 Å². The lowest BCUT2D eigenvalue weighted by atomic mass is 10.1. The smallest absolute Gasteiger partial charge is 0.345 e. The Balaban J connectivity index is 1.83. The van der Waals surface area contributed by atoms with Gasteiger partial charge in [-0.15, -0.1) is 0 Å². The summed E-state index contributed by atoms with van der Waals surface area (Å²) >= 11 is 6.05. The molecule has 0 fully saturated rings. The summed E-state index contributed by atoms with van der Waals surface area (Å²) in [4.78, 5) is 36.0. The van der Waals surface area contributed by atoms with Gasteiger partial charge in [0.1, 0.15) is 11.6 Å². The molecule has 3 aromatic rings. The molecule has 0 spiro atoms. The van der Waals surface area contributed by atoms with E-state index in [9.17, 15) is 19.6 Å². The standard InChI is InChI=1S/C25H17ClN2O6/c1-33-21-11-6-15(13-22(21)34-25(32)19-4-2-3-5-20(19)26)12-17(14-27)23(29)28-18-9-7-16(8-10-18)24(30)31/h2-13H,1H3,(H,28,29)(H,30,31). The molecule has 8 nitrogen and oxygen atoms in total. The maximum absolute atomic E-state index is 12.5. The van der Waals surface area contributed by atoms with Gasteiger partial charge >= 0.3 is 11.9 Å². The molecule has 2 N–H and O–H groups in total. The van der Waals surface area contributed by atoms with E-state index in [1.54, 1.807) is 24.3 Å². The summed E-state index contributed by atoms with van der Waals surface area (Å²) in [7, 11) is 1.40. The Morgan fingerprint density at radius 3 is 2.35 bits per heavy atom. The Labute approximate surface area is 199 Å². The average Bonchev–Trinajstić information content (AvgIpc) is 2.83. The summed E-state index contributed by atoms with van der Waals surface area (Å²) in [6.45, 7) is 0. The zero-order valence-corrected chi connectivity index (χ0v) is 18.5. The first-order chi connectivity index (χ1) is 16.3. The van der Waals surface area contributed by atoms with Crippen LogP contribution in [-0.2, 0) is 4.79 Å². The van der Waals surface area contributed by atoms with Crippen molar-refractivity contribution in [3.8, 4) is 17.6 Å². The van der Waals surface area contributed by atoms with Crippen LogP contribution < -0.4 is 14.8 Å². The quantitative estimate of drug-likeness (QED) is 0.217. The number of amides is 1. The third-order valence-electron chi connectivity index (χ3n) is 4.55. The van der Waals surface area contributed by atoms with Gasteiger partial charge in [0.05, 0.1) is 23.3 Å². The van der Waals surface area contributed by atoms with Crippen molar-refractivity contribution < 1.29 is 29.0 Å². The second kappa shape index (κ2) is 10.8. The number of nitrogens with zero attached hydrogens (tertiary/aromatic N) is 1. The number of carbonyl (C=O) groups excluding carboxylic acids is 2. The van der Waals surface area contributed by atoms with Crippen molar-refractivity contribution >= 4 is 41.2 Å². The van der Waals surface area contributed by atoms with E-state index < -0.39 is 17.8 Å². The minimum absolute atomic E-state index is 0.0612. The van der Waals surface area contributed by atoms with Crippen LogP contribution >= 0.6 is 11.6 Å². The number of carboxylic acids is 1. The molecule has 0 atom stereocenters. The maximum Gasteiger partial charge on any atom is 0.345 e. The van der Waals surface area contributed by atoms with Gasteiger partial charge < -0.3 is 19.9 Å². The molecule has 170 valence electrons. The lowest BCUT2D eigenvalue weighted by Crippen LogP contribution is -2.13. The first-order valence-electron chi connectivity index (χ1n) is 9.73. The minimum Gasteiger partial charge on any atom is -0.493 e. The van der Waals surface area contributed by atoms with Crippen molar-refractivity contribution in [2.45, 2.75) is 0 Å². The number of carbonyl (C=O) groups is 3. The summed E-state index contributed by atoms with van der Waals surface area (Å²) in [6, 6.07) is 18.3. The number of hydrogen-bond donors (Lipinski definition) is 2. The summed E-state index contributed by atoms with van der Waals surface area (Å²) in [5, 5.41) is 21.2. The average molecular weight is 477 g/mol. The highest BCUT2D eigenvalue weighted by molar-refractivity contribution is 6.33. The van der Waals surface area contributed by atoms with Gasteiger partial charge in [-0.3, -0.25) is 4.79 Å². The van der Waals surface area contributed by atoms with Crippen molar-refractivity contribution in [3.05, 3.63) is 94.0 Å². The van der Waals surface area contributed by atoms with Crippen molar-refractivity contribution in [1.29, 1.82) is 5.26 Å². The minimum atomic E-state index is -1.10. The Hall–Kier alpha value is -4.61. The molecule has 0 saturated carbocycles. The van der Waals surface area contributed by atoms with Gasteiger partial charge in [-0.25, -0.2) is 9.59 Å². The molecule has 1 amide bonds. The molecule has 0 bridgehead atoms. The number of carboxylic acid groups (broad SMARTS) is 1. The molecule has 3 rings (SSSR count). The number of methoxy groups -OCH3 is 1. The summed E-state index contributed by atoms with van der Waals surface area (Å²) in [5.41, 5.74) is 0.719. The van der Waals surface area contributed by atoms with Crippen LogP contribution in [0.3, 0.4) is 0 Å². The molecular formula is C25H17ClN2O6. The van der Waals surface area contributed by atoms with E-state index in [4.69, 9.17) is 26.2 Å². The number of nitrogens with one attached hydrogen (secondary N) is 1. The summed E-state index contributed by atoms with van der Waals surface area (Å²) in [6.07, 6.45) is 1.31. The van der Waals surface area contributed by atoms with E-state index in [0.717, 1.165) is 0 Å². The van der Waals surface area contributed by atoms with Crippen LogP contribution in [-0.4, -0.2) is 30.1 Å². The van der Waals surface area contributed by atoms with Crippen LogP contribution in [0.25, 0.3) is 6.08 Å². The number of benzene rings is 3. The first kappa shape index (κ1) is 24.0. The Kier molecular flexibility index (Phi) is 7.64. The number of halogens is 1. The summed E-state index contributed by atoms with van der Waals surface area (Å²) in [5.74, 6) is -2.16. The van der Waals surface area contributed by atoms with Gasteiger partial charge in [-0.05, 0) is 60.2 Å². The summed E-state index contributed by atoms with van der Waals surface area (Å²) < 4.78 is 10.7. The lowest BCUT2D eigenvalue weighted by Gasteiger charge is -2.11. The number of esters is 1. The number of aromatic carboxylic acids is 1. The van der Waals surface area contributed by atoms with Crippen molar-refractivity contribution in [2.75, 3.05) is 12.4 Å². The highest BCUT2D eigenvalue weighted by Gasteiger charge is 2.16. The van der Waals surface area contributed by atoms with Crippen LogP contribution in [0.15, 0.2) is 72.3 Å². The van der Waals surface area contributed by atoms with Crippen LogP contribution in [0.4, 0.5) is 5.69 Å². The van der Waals surface area contributed by atoms with E-state index in [1.165, 1.54) is 55.7 Å². The number of hydrogen-bond acceptors (Lipinski definition) is 6. The van der Waals surface area contributed by atoms with E-state index >= 15 is 0 Å². The SMILES string of the molecule is COc1ccc(C=C(C#N)C(=O)Nc2ccc(C(=O)O)cc2)cc1OC(=O)c1ccccc1Cl. The van der Waals surface area contributed by atoms with Gasteiger partial charge in [0, 0.05) is 5.69 Å². The van der Waals surface area contributed by atoms with Gasteiger partial charge in [-0.1, -0.05) is 29.8 Å². The fourth-order valence-corrected chi connectivity index (χ4v) is 3.07. The zero-order valence-electron chi connectivity index (χ0n) is 17.7. The van der Waals surface area contributed by atoms with Crippen molar-refractivity contribution in [2.24, 2.45) is 0 Å². The van der Waals surface area contributed by atoms with Crippen LogP contribution in [0.5, 0.6) is 11.5 Å². The maximum atomic E-state index is 12.5. The monoisotopic (exact) mass is 476 g/mol. The van der Waals surface area contributed by atoms with Crippen LogP contribution in [0, 0.1) is 11.3 Å². The molecule has 0 aromatic heterocycles. The fraction of sp³-hybridized carbons (Fsp3) is 0.0400. The molecule has 0 aliphatic carbocycles. The molecule has 0 heterocycles. The topological polar surface area (TPSA) is 126 Å². The molecule has 0 unspecified atom stereocenters. The number of nitriles is 1. The zero-order chi connectivity index (χ0) is 24.7. The molecule has 0 aliphatic rings. The van der Waals surface area contributed by atoms with E-state index in [0.29, 0.717) is 11.3 Å². The highest BCUT2D eigenvalue weighted by Crippen LogP contribution is 2.30. The number of anilines is 1. The van der Waals surface area contributed by atoms with E-state index in [1.807, 2.05) is 6.07 Å². The predicted octanol–water partition coefficient (Wildman–Crippen LogP) is 4.81. The molecule has 9 heteroatoms. The third kappa shape index (κ3) is 5.79. The highest BCUT2D eigenvalue weighted by atomic mass is 35.5. The Morgan fingerprint density at radius 2 is 1.74 bits per heavy atom. The largest absolute Gasteiger partial charge is 0.493 e. The predicted molar refractivity (Wildman–Crippen MR) is 125 cm³/mol. The first-order valence-corrected chi connectivity index (χ1v) is 10.1. The molecule has 34 heavy (non-hydrogen) atoms. The third-order valence-corrected chi connectivity index (χ3v) is 4.88. The lowest BCUT2D eigenvalue weighted by molar-refractivity contribution is -0.112. The normalized spacial score (nSPS) is 10.7. The van der Waals surface area contributed by atoms with Crippen molar-refractivity contribution in [3.63, 3.8) is 0 Å². The van der Waals surface area contributed by atoms with Gasteiger partial charge in [0.25, 0.3) is 5.91 Å². The van der Waals surface area contributed by atoms with Crippen LogP contribution in [0.1, 0.15) is 26.3 Å². The van der Waals surface area contributed by atoms with Crippen molar-refractivity contribution in [1.82, 2.24) is 0 Å². The van der Waals surface area contributed by atoms with Gasteiger partial charge in [-0.2, -0.15) is 5.26 Å². The Morgan fingerprint density at radius 1 is 1.03 bits per heavy atom. The molecule has 0 aliphatic heterocycles. The van der Waals surface area contributed by atoms with Gasteiger partial charge in [0.2, 0.25) is 0 Å².